The van der Waals surface area contributed by atoms with E-state index in [4.69, 9.17) is 0 Å². The molecular formula is C10H11FO3. The number of esters is 1. The van der Waals surface area contributed by atoms with Crippen LogP contribution in [0.4, 0.5) is 4.39 Å². The van der Waals surface area contributed by atoms with Gasteiger partial charge in [0.05, 0.1) is 7.11 Å². The number of benzene rings is 1. The predicted octanol–water partition coefficient (Wildman–Crippen LogP) is 1.23. The van der Waals surface area contributed by atoms with Gasteiger partial charge in [0.2, 0.25) is 0 Å². The molecule has 0 unspecified atom stereocenters. The van der Waals surface area contributed by atoms with Gasteiger partial charge in [-0.1, -0.05) is 30.3 Å². The summed E-state index contributed by atoms with van der Waals surface area (Å²) in [5.74, 6) is -0.971. The van der Waals surface area contributed by atoms with Gasteiger partial charge in [-0.3, -0.25) is 0 Å². The third-order valence-electron chi connectivity index (χ3n) is 1.84. The summed E-state index contributed by atoms with van der Waals surface area (Å²) in [6, 6.07) is 7.98. The third-order valence-corrected chi connectivity index (χ3v) is 1.84. The number of hydrogen-bond donors (Lipinski definition) is 1. The van der Waals surface area contributed by atoms with E-state index in [0.29, 0.717) is 0 Å². The molecule has 1 N–H and O–H groups in total. The van der Waals surface area contributed by atoms with E-state index < -0.39 is 18.2 Å². The van der Waals surface area contributed by atoms with Crippen LogP contribution in [-0.4, -0.2) is 24.3 Å². The van der Waals surface area contributed by atoms with Crippen LogP contribution in [-0.2, 0) is 9.53 Å². The summed E-state index contributed by atoms with van der Waals surface area (Å²) in [6.07, 6.45) is -3.51. The molecule has 0 bridgehead atoms. The van der Waals surface area contributed by atoms with Crippen LogP contribution in [0.5, 0.6) is 0 Å². The van der Waals surface area contributed by atoms with Crippen LogP contribution in [0.15, 0.2) is 30.3 Å². The summed E-state index contributed by atoms with van der Waals surface area (Å²) in [5, 5.41) is 9.19. The zero-order valence-electron chi connectivity index (χ0n) is 7.68. The van der Waals surface area contributed by atoms with Gasteiger partial charge < -0.3 is 9.84 Å². The van der Waals surface area contributed by atoms with Crippen LogP contribution >= 0.6 is 0 Å². The third kappa shape index (κ3) is 2.29. The maximum atomic E-state index is 13.4. The summed E-state index contributed by atoms with van der Waals surface area (Å²) in [4.78, 5) is 10.8. The van der Waals surface area contributed by atoms with E-state index in [2.05, 4.69) is 4.74 Å². The minimum absolute atomic E-state index is 0.255. The van der Waals surface area contributed by atoms with Crippen molar-refractivity contribution in [2.45, 2.75) is 12.3 Å². The van der Waals surface area contributed by atoms with Crippen molar-refractivity contribution in [3.8, 4) is 0 Å². The molecule has 0 saturated carbocycles. The molecule has 0 amide bonds. The van der Waals surface area contributed by atoms with E-state index in [1.54, 1.807) is 18.2 Å². The van der Waals surface area contributed by atoms with E-state index in [0.717, 1.165) is 7.11 Å². The summed E-state index contributed by atoms with van der Waals surface area (Å²) in [7, 11) is 1.10. The molecule has 0 aliphatic rings. The minimum atomic E-state index is -1.76. The summed E-state index contributed by atoms with van der Waals surface area (Å²) in [6.45, 7) is 0. The number of halogens is 1. The number of aliphatic hydroxyl groups is 1. The van der Waals surface area contributed by atoms with Gasteiger partial charge in [-0.25, -0.2) is 9.18 Å². The fourth-order valence-electron chi connectivity index (χ4n) is 1.06. The standard InChI is InChI=1S/C10H11FO3/c1-14-10(13)9(12)8(11)7-5-3-2-4-6-7/h2-6,8-9,12H,1H3/t8-,9+/m1/s1. The van der Waals surface area contributed by atoms with Gasteiger partial charge in [-0.05, 0) is 5.56 Å². The van der Waals surface area contributed by atoms with Gasteiger partial charge in [0.25, 0.3) is 0 Å². The van der Waals surface area contributed by atoms with Crippen LogP contribution in [0.1, 0.15) is 11.7 Å². The van der Waals surface area contributed by atoms with E-state index in [1.165, 1.54) is 12.1 Å². The van der Waals surface area contributed by atoms with E-state index in [1.807, 2.05) is 0 Å². The quantitative estimate of drug-likeness (QED) is 0.743. The highest BCUT2D eigenvalue weighted by Gasteiger charge is 2.27. The minimum Gasteiger partial charge on any atom is -0.467 e. The van der Waals surface area contributed by atoms with Crippen molar-refractivity contribution in [3.05, 3.63) is 35.9 Å². The molecule has 3 nitrogen and oxygen atoms in total. The van der Waals surface area contributed by atoms with Crippen molar-refractivity contribution in [2.24, 2.45) is 0 Å². The molecular weight excluding hydrogens is 187 g/mol. The zero-order chi connectivity index (χ0) is 10.6. The first-order valence-corrected chi connectivity index (χ1v) is 4.11. The molecule has 1 aromatic rings. The Morgan fingerprint density at radius 2 is 2.00 bits per heavy atom. The predicted molar refractivity (Wildman–Crippen MR) is 48.3 cm³/mol. The first kappa shape index (κ1) is 10.7. The molecule has 1 aromatic carbocycles. The van der Waals surface area contributed by atoms with Crippen LogP contribution in [0.2, 0.25) is 0 Å². The van der Waals surface area contributed by atoms with E-state index in [9.17, 15) is 14.3 Å². The Morgan fingerprint density at radius 3 is 2.50 bits per heavy atom. The molecule has 0 spiro atoms. The number of carbonyl (C=O) groups is 1. The van der Waals surface area contributed by atoms with Crippen molar-refractivity contribution in [3.63, 3.8) is 0 Å². The first-order valence-electron chi connectivity index (χ1n) is 4.11. The van der Waals surface area contributed by atoms with Crippen molar-refractivity contribution in [1.82, 2.24) is 0 Å². The maximum absolute atomic E-state index is 13.4. The zero-order valence-corrected chi connectivity index (χ0v) is 7.68. The molecule has 14 heavy (non-hydrogen) atoms. The molecule has 0 aliphatic heterocycles. The van der Waals surface area contributed by atoms with Crippen LogP contribution in [0.25, 0.3) is 0 Å². The first-order chi connectivity index (χ1) is 6.66. The molecule has 76 valence electrons. The fraction of sp³-hybridized carbons (Fsp3) is 0.300. The lowest BCUT2D eigenvalue weighted by atomic mass is 10.1. The topological polar surface area (TPSA) is 46.5 Å². The lowest BCUT2D eigenvalue weighted by molar-refractivity contribution is -0.154. The Bertz CT molecular complexity index is 299. The van der Waals surface area contributed by atoms with Crippen LogP contribution in [0, 0.1) is 0 Å². The average molecular weight is 198 g/mol. The molecule has 2 atom stereocenters. The van der Waals surface area contributed by atoms with E-state index in [-0.39, 0.29) is 5.56 Å². The molecule has 0 radical (unpaired) electrons. The smallest absolute Gasteiger partial charge is 0.338 e. The Hall–Kier alpha value is -1.42. The monoisotopic (exact) mass is 198 g/mol. The second-order valence-electron chi connectivity index (χ2n) is 2.78. The lowest BCUT2D eigenvalue weighted by Crippen LogP contribution is -2.26. The molecule has 0 saturated heterocycles. The molecule has 0 heterocycles. The molecule has 0 fully saturated rings. The summed E-state index contributed by atoms with van der Waals surface area (Å²) < 4.78 is 17.6. The van der Waals surface area contributed by atoms with Crippen molar-refractivity contribution >= 4 is 5.97 Å². The van der Waals surface area contributed by atoms with Crippen molar-refractivity contribution < 1.29 is 19.0 Å². The average Bonchev–Trinajstić information content (AvgIpc) is 2.27. The number of methoxy groups -OCH3 is 1. The normalized spacial score (nSPS) is 14.5. The number of ether oxygens (including phenoxy) is 1. The summed E-state index contributed by atoms with van der Waals surface area (Å²) in [5.41, 5.74) is 0.255. The number of aliphatic hydroxyl groups excluding tert-OH is 1. The fourth-order valence-corrected chi connectivity index (χ4v) is 1.06. The summed E-state index contributed by atoms with van der Waals surface area (Å²) >= 11 is 0. The van der Waals surface area contributed by atoms with Gasteiger partial charge in [0.15, 0.2) is 12.3 Å². The van der Waals surface area contributed by atoms with Gasteiger partial charge in [0, 0.05) is 0 Å². The van der Waals surface area contributed by atoms with Crippen LogP contribution in [0.3, 0.4) is 0 Å². The molecule has 1 rings (SSSR count). The number of carbonyl (C=O) groups excluding carboxylic acids is 1. The van der Waals surface area contributed by atoms with E-state index >= 15 is 0 Å². The Balaban J connectivity index is 2.75. The Kier molecular flexibility index (Phi) is 3.59. The van der Waals surface area contributed by atoms with Gasteiger partial charge in [0.1, 0.15) is 0 Å². The largest absolute Gasteiger partial charge is 0.467 e. The maximum Gasteiger partial charge on any atom is 0.338 e. The van der Waals surface area contributed by atoms with Gasteiger partial charge in [-0.15, -0.1) is 0 Å². The SMILES string of the molecule is COC(=O)[C@@H](O)[C@H](F)c1ccccc1. The van der Waals surface area contributed by atoms with Gasteiger partial charge in [-0.2, -0.15) is 0 Å². The number of rotatable bonds is 3. The molecule has 4 heteroatoms. The van der Waals surface area contributed by atoms with Crippen LogP contribution < -0.4 is 0 Å². The van der Waals surface area contributed by atoms with Crippen molar-refractivity contribution in [2.75, 3.05) is 7.11 Å². The highest BCUT2D eigenvalue weighted by Crippen LogP contribution is 2.21. The molecule has 0 aromatic heterocycles. The number of hydrogen-bond acceptors (Lipinski definition) is 3. The highest BCUT2D eigenvalue weighted by molar-refractivity contribution is 5.75. The Labute approximate surface area is 81.1 Å². The molecule has 0 aliphatic carbocycles. The van der Waals surface area contributed by atoms with Gasteiger partial charge >= 0.3 is 5.97 Å². The number of alkyl halides is 1. The second-order valence-corrected chi connectivity index (χ2v) is 2.78. The Morgan fingerprint density at radius 1 is 1.43 bits per heavy atom. The van der Waals surface area contributed by atoms with Crippen molar-refractivity contribution in [1.29, 1.82) is 0 Å². The highest BCUT2D eigenvalue weighted by atomic mass is 19.1. The second kappa shape index (κ2) is 4.72. The lowest BCUT2D eigenvalue weighted by Gasteiger charge is -2.13.